The zero-order valence-electron chi connectivity index (χ0n) is 17.0. The van der Waals surface area contributed by atoms with Gasteiger partial charge in [0.25, 0.3) is 0 Å². The molecule has 6 nitrogen and oxygen atoms in total. The number of nitrogens with zero attached hydrogens (tertiary/aromatic N) is 2. The highest BCUT2D eigenvalue weighted by molar-refractivity contribution is 5.80. The Balaban J connectivity index is 1.18. The second-order valence-corrected chi connectivity index (χ2v) is 7.51. The molecule has 0 radical (unpaired) electrons. The van der Waals surface area contributed by atoms with Gasteiger partial charge in [-0.05, 0) is 36.1 Å². The molecule has 0 spiro atoms. The maximum absolute atomic E-state index is 5.93. The van der Waals surface area contributed by atoms with E-state index in [1.54, 1.807) is 0 Å². The van der Waals surface area contributed by atoms with Crippen LogP contribution in [0.15, 0.2) is 53.5 Å². The van der Waals surface area contributed by atoms with Crippen LogP contribution < -0.4 is 14.8 Å². The van der Waals surface area contributed by atoms with Crippen molar-refractivity contribution < 1.29 is 14.2 Å². The van der Waals surface area contributed by atoms with Crippen LogP contribution in [0.1, 0.15) is 17.5 Å². The molecule has 0 bridgehead atoms. The number of likely N-dealkylation sites (tertiary alicyclic amines) is 1. The van der Waals surface area contributed by atoms with Crippen LogP contribution in [-0.4, -0.2) is 50.9 Å². The van der Waals surface area contributed by atoms with Gasteiger partial charge in [0.05, 0.1) is 13.2 Å². The quantitative estimate of drug-likeness (QED) is 0.577. The Morgan fingerprint density at radius 2 is 2.00 bits per heavy atom. The third-order valence-electron chi connectivity index (χ3n) is 5.40. The van der Waals surface area contributed by atoms with Gasteiger partial charge < -0.3 is 24.4 Å². The molecule has 1 saturated heterocycles. The lowest BCUT2D eigenvalue weighted by Crippen LogP contribution is -2.41. The van der Waals surface area contributed by atoms with Crippen LogP contribution in [0.5, 0.6) is 11.5 Å². The van der Waals surface area contributed by atoms with E-state index in [4.69, 9.17) is 14.2 Å². The van der Waals surface area contributed by atoms with Gasteiger partial charge in [0.15, 0.2) is 17.5 Å². The summed E-state index contributed by atoms with van der Waals surface area (Å²) in [5.74, 6) is 3.18. The Hall–Kier alpha value is -2.73. The van der Waals surface area contributed by atoms with E-state index in [9.17, 15) is 0 Å². The van der Waals surface area contributed by atoms with Crippen molar-refractivity contribution in [3.05, 3.63) is 59.7 Å². The van der Waals surface area contributed by atoms with Crippen molar-refractivity contribution >= 4 is 5.96 Å². The largest absolute Gasteiger partial charge is 0.454 e. The minimum absolute atomic E-state index is 0.314. The number of hydrogen-bond acceptors (Lipinski definition) is 4. The molecule has 1 unspecified atom stereocenters. The van der Waals surface area contributed by atoms with Crippen molar-refractivity contribution in [2.75, 3.05) is 40.1 Å². The first-order valence-corrected chi connectivity index (χ1v) is 10.3. The highest BCUT2D eigenvalue weighted by Gasteiger charge is 2.25. The Bertz CT molecular complexity index is 825. The zero-order chi connectivity index (χ0) is 19.9. The number of fused-ring (bicyclic) bond motifs is 1. The Morgan fingerprint density at radius 1 is 1.14 bits per heavy atom. The number of rotatable bonds is 7. The predicted octanol–water partition coefficient (Wildman–Crippen LogP) is 3.07. The maximum atomic E-state index is 5.93. The molecular formula is C23H29N3O3. The summed E-state index contributed by atoms with van der Waals surface area (Å²) < 4.78 is 16.8. The van der Waals surface area contributed by atoms with Gasteiger partial charge in [-0.3, -0.25) is 4.99 Å². The van der Waals surface area contributed by atoms with Crippen molar-refractivity contribution in [3.63, 3.8) is 0 Å². The summed E-state index contributed by atoms with van der Waals surface area (Å²) in [6, 6.07) is 16.5. The summed E-state index contributed by atoms with van der Waals surface area (Å²) in [7, 11) is 1.85. The fraction of sp³-hybridized carbons (Fsp3) is 0.435. The fourth-order valence-corrected chi connectivity index (χ4v) is 3.83. The monoisotopic (exact) mass is 395 g/mol. The molecule has 0 saturated carbocycles. The first kappa shape index (κ1) is 19.6. The molecule has 1 N–H and O–H groups in total. The first-order chi connectivity index (χ1) is 14.3. The maximum Gasteiger partial charge on any atom is 0.231 e. The van der Waals surface area contributed by atoms with Crippen LogP contribution in [0.3, 0.4) is 0 Å². The van der Waals surface area contributed by atoms with E-state index >= 15 is 0 Å². The van der Waals surface area contributed by atoms with Gasteiger partial charge in [-0.25, -0.2) is 0 Å². The number of aliphatic imine (C=N–C) groups is 1. The van der Waals surface area contributed by atoms with Crippen molar-refractivity contribution in [1.82, 2.24) is 10.2 Å². The van der Waals surface area contributed by atoms with Crippen molar-refractivity contribution in [2.45, 2.75) is 19.4 Å². The Kier molecular flexibility index (Phi) is 6.52. The third kappa shape index (κ3) is 5.21. The predicted molar refractivity (Wildman–Crippen MR) is 113 cm³/mol. The van der Waals surface area contributed by atoms with Gasteiger partial charge in [0.2, 0.25) is 6.79 Å². The van der Waals surface area contributed by atoms with Crippen molar-refractivity contribution in [2.24, 2.45) is 10.9 Å². The number of benzene rings is 2. The van der Waals surface area contributed by atoms with Gasteiger partial charge in [0, 0.05) is 32.6 Å². The second-order valence-electron chi connectivity index (χ2n) is 7.51. The van der Waals surface area contributed by atoms with E-state index in [1.165, 1.54) is 11.1 Å². The SMILES string of the molecule is CN=C(NCCc1ccc2c(c1)OCO2)N1CCC(COCc2ccccc2)C1. The molecule has 2 aliphatic rings. The Labute approximate surface area is 172 Å². The number of hydrogen-bond donors (Lipinski definition) is 1. The highest BCUT2D eigenvalue weighted by atomic mass is 16.7. The molecule has 0 aromatic heterocycles. The third-order valence-corrected chi connectivity index (χ3v) is 5.40. The van der Waals surface area contributed by atoms with Gasteiger partial charge in [0.1, 0.15) is 0 Å². The lowest BCUT2D eigenvalue weighted by molar-refractivity contribution is 0.0907. The lowest BCUT2D eigenvalue weighted by atomic mass is 10.1. The zero-order valence-corrected chi connectivity index (χ0v) is 17.0. The summed E-state index contributed by atoms with van der Waals surface area (Å²) in [5.41, 5.74) is 2.45. The molecule has 1 atom stereocenters. The van der Waals surface area contributed by atoms with Crippen LogP contribution >= 0.6 is 0 Å². The van der Waals surface area contributed by atoms with Crippen LogP contribution in [0.4, 0.5) is 0 Å². The van der Waals surface area contributed by atoms with Gasteiger partial charge >= 0.3 is 0 Å². The molecule has 2 aromatic carbocycles. The molecule has 0 aliphatic carbocycles. The van der Waals surface area contributed by atoms with Crippen LogP contribution in [-0.2, 0) is 17.8 Å². The van der Waals surface area contributed by atoms with E-state index in [1.807, 2.05) is 19.2 Å². The smallest absolute Gasteiger partial charge is 0.231 e. The summed E-state index contributed by atoms with van der Waals surface area (Å²) in [6.45, 7) is 4.62. The fourth-order valence-electron chi connectivity index (χ4n) is 3.83. The Morgan fingerprint density at radius 3 is 2.86 bits per heavy atom. The molecule has 2 aliphatic heterocycles. The van der Waals surface area contributed by atoms with E-state index in [-0.39, 0.29) is 0 Å². The summed E-state index contributed by atoms with van der Waals surface area (Å²) >= 11 is 0. The van der Waals surface area contributed by atoms with Gasteiger partial charge in [-0.2, -0.15) is 0 Å². The standard InChI is InChI=1S/C23H29N3O3/c1-24-23(25-11-9-18-7-8-21-22(13-18)29-17-28-21)26-12-10-20(14-26)16-27-15-19-5-3-2-4-6-19/h2-8,13,20H,9-12,14-17H2,1H3,(H,24,25). The van der Waals surface area contributed by atoms with E-state index in [2.05, 4.69) is 51.6 Å². The summed E-state index contributed by atoms with van der Waals surface area (Å²) in [5, 5.41) is 3.49. The topological polar surface area (TPSA) is 55.3 Å². The van der Waals surface area contributed by atoms with Crippen LogP contribution in [0.25, 0.3) is 0 Å². The number of nitrogens with one attached hydrogen (secondary N) is 1. The number of guanidine groups is 1. The normalized spacial score (nSPS) is 18.3. The van der Waals surface area contributed by atoms with Crippen molar-refractivity contribution in [1.29, 1.82) is 0 Å². The molecule has 0 amide bonds. The van der Waals surface area contributed by atoms with Crippen LogP contribution in [0.2, 0.25) is 0 Å². The molecule has 2 aromatic rings. The van der Waals surface area contributed by atoms with E-state index < -0.39 is 0 Å². The summed E-state index contributed by atoms with van der Waals surface area (Å²) in [6.07, 6.45) is 2.05. The van der Waals surface area contributed by atoms with E-state index in [0.717, 1.165) is 56.5 Å². The van der Waals surface area contributed by atoms with Crippen LogP contribution in [0, 0.1) is 5.92 Å². The molecule has 6 heteroatoms. The molecule has 154 valence electrons. The average molecular weight is 396 g/mol. The second kappa shape index (κ2) is 9.65. The number of ether oxygens (including phenoxy) is 3. The average Bonchev–Trinajstić information content (AvgIpc) is 3.41. The van der Waals surface area contributed by atoms with Crippen molar-refractivity contribution in [3.8, 4) is 11.5 Å². The van der Waals surface area contributed by atoms with Gasteiger partial charge in [-0.15, -0.1) is 0 Å². The lowest BCUT2D eigenvalue weighted by Gasteiger charge is -2.22. The molecule has 2 heterocycles. The first-order valence-electron chi connectivity index (χ1n) is 10.3. The molecule has 4 rings (SSSR count). The summed E-state index contributed by atoms with van der Waals surface area (Å²) in [4.78, 5) is 6.80. The highest BCUT2D eigenvalue weighted by Crippen LogP contribution is 2.32. The molecular weight excluding hydrogens is 366 g/mol. The van der Waals surface area contributed by atoms with E-state index in [0.29, 0.717) is 19.3 Å². The molecule has 29 heavy (non-hydrogen) atoms. The minimum atomic E-state index is 0.314. The minimum Gasteiger partial charge on any atom is -0.454 e. The molecule has 1 fully saturated rings. The van der Waals surface area contributed by atoms with Gasteiger partial charge in [-0.1, -0.05) is 36.4 Å².